The van der Waals surface area contributed by atoms with Crippen molar-refractivity contribution in [3.05, 3.63) is 23.0 Å². The Morgan fingerprint density at radius 3 is 2.50 bits per heavy atom. The van der Waals surface area contributed by atoms with Gasteiger partial charge in [-0.1, -0.05) is 11.6 Å². The number of nitrogens with zero attached hydrogens (tertiary/aromatic N) is 2. The second-order valence-electron chi connectivity index (χ2n) is 4.63. The lowest BCUT2D eigenvalue weighted by atomic mass is 9.97. The number of halogens is 4. The molecular weight excluding hydrogens is 297 g/mol. The number of alkyl halides is 3. The topological polar surface area (TPSA) is 53.4 Å². The SMILES string of the molecule is O=C(O)C1CCN(c2cc(C(F)(F)F)cnc2Cl)CC1. The van der Waals surface area contributed by atoms with Gasteiger partial charge in [0.25, 0.3) is 0 Å². The van der Waals surface area contributed by atoms with E-state index in [2.05, 4.69) is 4.98 Å². The van der Waals surface area contributed by atoms with Gasteiger partial charge < -0.3 is 10.0 Å². The van der Waals surface area contributed by atoms with E-state index in [0.717, 1.165) is 6.07 Å². The van der Waals surface area contributed by atoms with Gasteiger partial charge in [-0.25, -0.2) is 4.98 Å². The minimum absolute atomic E-state index is 0.00762. The summed E-state index contributed by atoms with van der Waals surface area (Å²) >= 11 is 5.84. The summed E-state index contributed by atoms with van der Waals surface area (Å²) in [6, 6.07) is 0.955. The molecule has 4 nitrogen and oxygen atoms in total. The number of aromatic nitrogens is 1. The fraction of sp³-hybridized carbons (Fsp3) is 0.500. The Hall–Kier alpha value is -1.50. The van der Waals surface area contributed by atoms with Crippen LogP contribution in [0.25, 0.3) is 0 Å². The molecule has 2 rings (SSSR count). The zero-order valence-corrected chi connectivity index (χ0v) is 11.1. The van der Waals surface area contributed by atoms with Gasteiger partial charge in [0.2, 0.25) is 0 Å². The number of carbonyl (C=O) groups is 1. The number of rotatable bonds is 2. The Labute approximate surface area is 118 Å². The first-order chi connectivity index (χ1) is 9.29. The Bertz CT molecular complexity index is 514. The number of carboxylic acids is 1. The smallest absolute Gasteiger partial charge is 0.417 e. The molecule has 0 atom stereocenters. The number of hydrogen-bond acceptors (Lipinski definition) is 3. The Kier molecular flexibility index (Phi) is 4.08. The first-order valence-corrected chi connectivity index (χ1v) is 6.37. The highest BCUT2D eigenvalue weighted by atomic mass is 35.5. The van der Waals surface area contributed by atoms with Gasteiger partial charge >= 0.3 is 12.1 Å². The summed E-state index contributed by atoms with van der Waals surface area (Å²) in [5.74, 6) is -1.33. The first kappa shape index (κ1) is 14.9. The van der Waals surface area contributed by atoms with E-state index in [4.69, 9.17) is 16.7 Å². The van der Waals surface area contributed by atoms with E-state index in [-0.39, 0.29) is 10.8 Å². The minimum atomic E-state index is -4.48. The molecule has 0 saturated carbocycles. The van der Waals surface area contributed by atoms with Crippen molar-refractivity contribution in [2.45, 2.75) is 19.0 Å². The van der Waals surface area contributed by atoms with Gasteiger partial charge in [0.15, 0.2) is 5.15 Å². The van der Waals surface area contributed by atoms with Crippen LogP contribution in [0.1, 0.15) is 18.4 Å². The molecule has 1 aliphatic heterocycles. The molecule has 1 aromatic rings. The van der Waals surface area contributed by atoms with E-state index in [0.29, 0.717) is 32.1 Å². The predicted octanol–water partition coefficient (Wildman–Crippen LogP) is 3.05. The molecule has 0 spiro atoms. The number of hydrogen-bond donors (Lipinski definition) is 1. The number of carboxylic acid groups (broad SMARTS) is 1. The molecule has 1 N–H and O–H groups in total. The van der Waals surface area contributed by atoms with Crippen LogP contribution in [-0.4, -0.2) is 29.1 Å². The summed E-state index contributed by atoms with van der Waals surface area (Å²) < 4.78 is 38.0. The zero-order valence-electron chi connectivity index (χ0n) is 10.3. The van der Waals surface area contributed by atoms with E-state index in [1.54, 1.807) is 4.90 Å². The van der Waals surface area contributed by atoms with Crippen molar-refractivity contribution >= 4 is 23.3 Å². The van der Waals surface area contributed by atoms with E-state index >= 15 is 0 Å². The molecule has 20 heavy (non-hydrogen) atoms. The molecule has 2 heterocycles. The molecule has 110 valence electrons. The average Bonchev–Trinajstić information content (AvgIpc) is 2.38. The van der Waals surface area contributed by atoms with E-state index in [9.17, 15) is 18.0 Å². The van der Waals surface area contributed by atoms with Crippen molar-refractivity contribution in [3.63, 3.8) is 0 Å². The van der Waals surface area contributed by atoms with Gasteiger partial charge in [-0.05, 0) is 18.9 Å². The maximum Gasteiger partial charge on any atom is 0.417 e. The van der Waals surface area contributed by atoms with Crippen LogP contribution in [0.2, 0.25) is 5.15 Å². The fourth-order valence-electron chi connectivity index (χ4n) is 2.18. The summed E-state index contributed by atoms with van der Waals surface area (Å²) in [6.07, 6.45) is -3.04. The summed E-state index contributed by atoms with van der Waals surface area (Å²) in [6.45, 7) is 0.694. The number of pyridine rings is 1. The average molecular weight is 309 g/mol. The predicted molar refractivity (Wildman–Crippen MR) is 66.8 cm³/mol. The molecule has 0 unspecified atom stereocenters. The van der Waals surface area contributed by atoms with Crippen LogP contribution >= 0.6 is 11.6 Å². The van der Waals surface area contributed by atoms with Gasteiger partial charge in [-0.3, -0.25) is 4.79 Å². The molecule has 1 aliphatic rings. The highest BCUT2D eigenvalue weighted by molar-refractivity contribution is 6.32. The van der Waals surface area contributed by atoms with Crippen molar-refractivity contribution in [1.82, 2.24) is 4.98 Å². The van der Waals surface area contributed by atoms with Crippen molar-refractivity contribution in [2.75, 3.05) is 18.0 Å². The fourth-order valence-corrected chi connectivity index (χ4v) is 2.40. The van der Waals surface area contributed by atoms with Crippen molar-refractivity contribution in [3.8, 4) is 0 Å². The van der Waals surface area contributed by atoms with E-state index in [1.165, 1.54) is 0 Å². The minimum Gasteiger partial charge on any atom is -0.481 e. The quantitative estimate of drug-likeness (QED) is 0.853. The highest BCUT2D eigenvalue weighted by Gasteiger charge is 2.33. The van der Waals surface area contributed by atoms with Crippen LogP contribution in [0.3, 0.4) is 0 Å². The number of aliphatic carboxylic acids is 1. The summed E-state index contributed by atoms with van der Waals surface area (Å²) in [5.41, 5.74) is -0.664. The first-order valence-electron chi connectivity index (χ1n) is 5.99. The molecule has 0 aliphatic carbocycles. The molecule has 0 amide bonds. The lowest BCUT2D eigenvalue weighted by Crippen LogP contribution is -2.36. The van der Waals surface area contributed by atoms with Gasteiger partial charge in [0.1, 0.15) is 0 Å². The summed E-state index contributed by atoms with van der Waals surface area (Å²) in [7, 11) is 0. The third kappa shape index (κ3) is 3.15. The Morgan fingerprint density at radius 1 is 1.40 bits per heavy atom. The van der Waals surface area contributed by atoms with Crippen molar-refractivity contribution < 1.29 is 23.1 Å². The largest absolute Gasteiger partial charge is 0.481 e. The van der Waals surface area contributed by atoms with Gasteiger partial charge in [-0.15, -0.1) is 0 Å². The van der Waals surface area contributed by atoms with Crippen LogP contribution in [0.4, 0.5) is 18.9 Å². The van der Waals surface area contributed by atoms with Crippen LogP contribution in [0.5, 0.6) is 0 Å². The van der Waals surface area contributed by atoms with Gasteiger partial charge in [0.05, 0.1) is 17.2 Å². The molecule has 0 aromatic carbocycles. The second kappa shape index (κ2) is 5.47. The van der Waals surface area contributed by atoms with E-state index < -0.39 is 23.6 Å². The standard InChI is InChI=1S/C12H12ClF3N2O2/c13-10-9(5-8(6-17-10)12(14,15)16)18-3-1-7(2-4-18)11(19)20/h5-7H,1-4H2,(H,19,20). The Balaban J connectivity index is 2.19. The molecule has 1 fully saturated rings. The number of piperidine rings is 1. The summed E-state index contributed by atoms with van der Waals surface area (Å²) in [4.78, 5) is 16.0. The Morgan fingerprint density at radius 2 is 2.00 bits per heavy atom. The third-order valence-electron chi connectivity index (χ3n) is 3.33. The van der Waals surface area contributed by atoms with Crippen LogP contribution in [0, 0.1) is 5.92 Å². The van der Waals surface area contributed by atoms with Gasteiger partial charge in [0, 0.05) is 19.3 Å². The van der Waals surface area contributed by atoms with Crippen LogP contribution in [0.15, 0.2) is 12.3 Å². The molecule has 1 aromatic heterocycles. The highest BCUT2D eigenvalue weighted by Crippen LogP contribution is 2.35. The zero-order chi connectivity index (χ0) is 14.9. The lowest BCUT2D eigenvalue weighted by Gasteiger charge is -2.32. The normalized spacial score (nSPS) is 17.3. The molecule has 0 bridgehead atoms. The maximum atomic E-state index is 12.7. The second-order valence-corrected chi connectivity index (χ2v) is 4.99. The van der Waals surface area contributed by atoms with E-state index in [1.807, 2.05) is 0 Å². The molecule has 1 saturated heterocycles. The molecule has 8 heteroatoms. The monoisotopic (exact) mass is 308 g/mol. The third-order valence-corrected chi connectivity index (χ3v) is 3.62. The lowest BCUT2D eigenvalue weighted by molar-refractivity contribution is -0.142. The van der Waals surface area contributed by atoms with Crippen LogP contribution in [-0.2, 0) is 11.0 Å². The van der Waals surface area contributed by atoms with Gasteiger partial charge in [-0.2, -0.15) is 13.2 Å². The molecule has 0 radical (unpaired) electrons. The maximum absolute atomic E-state index is 12.7. The van der Waals surface area contributed by atoms with Crippen molar-refractivity contribution in [2.24, 2.45) is 5.92 Å². The molecular formula is C12H12ClF3N2O2. The van der Waals surface area contributed by atoms with Crippen molar-refractivity contribution in [1.29, 1.82) is 0 Å². The number of anilines is 1. The summed E-state index contributed by atoms with van der Waals surface area (Å²) in [5, 5.41) is 8.89. The van der Waals surface area contributed by atoms with Crippen LogP contribution < -0.4 is 4.90 Å².